The van der Waals surface area contributed by atoms with Gasteiger partial charge in [-0.2, -0.15) is 0 Å². The molecule has 0 aliphatic carbocycles. The minimum atomic E-state index is -0.208. The van der Waals surface area contributed by atoms with E-state index in [2.05, 4.69) is 22.8 Å². The number of hydrogen-bond acceptors (Lipinski definition) is 3. The van der Waals surface area contributed by atoms with Gasteiger partial charge in [0.25, 0.3) is 0 Å². The van der Waals surface area contributed by atoms with Gasteiger partial charge in [0.2, 0.25) is 11.8 Å². The number of likely N-dealkylation sites (N-methyl/N-ethyl adjacent to an activating group) is 1. The second-order valence-electron chi connectivity index (χ2n) is 5.64. The van der Waals surface area contributed by atoms with Crippen molar-refractivity contribution in [1.82, 2.24) is 15.5 Å². The van der Waals surface area contributed by atoms with E-state index in [0.29, 0.717) is 19.5 Å². The molecule has 0 bridgehead atoms. The maximum atomic E-state index is 12.5. The molecule has 1 aliphatic rings. The zero-order chi connectivity index (χ0) is 15.4. The van der Waals surface area contributed by atoms with Gasteiger partial charge in [0.15, 0.2) is 0 Å². The molecule has 1 heterocycles. The SMILES string of the molecule is CNC(=O)C(C)CN(C)C(=O)C1Cc2ccccc2CN1. The van der Waals surface area contributed by atoms with Crippen LogP contribution < -0.4 is 10.6 Å². The summed E-state index contributed by atoms with van der Waals surface area (Å²) < 4.78 is 0. The van der Waals surface area contributed by atoms with Crippen LogP contribution in [0.4, 0.5) is 0 Å². The maximum Gasteiger partial charge on any atom is 0.239 e. The number of carbonyl (C=O) groups is 2. The maximum absolute atomic E-state index is 12.5. The highest BCUT2D eigenvalue weighted by atomic mass is 16.2. The Balaban J connectivity index is 1.96. The summed E-state index contributed by atoms with van der Waals surface area (Å²) in [6, 6.07) is 7.97. The molecular formula is C16H23N3O2. The molecule has 5 nitrogen and oxygen atoms in total. The molecule has 1 aliphatic heterocycles. The third kappa shape index (κ3) is 3.61. The Hall–Kier alpha value is -1.88. The summed E-state index contributed by atoms with van der Waals surface area (Å²) in [6.45, 7) is 2.97. The summed E-state index contributed by atoms with van der Waals surface area (Å²) in [5.74, 6) is -0.211. The van der Waals surface area contributed by atoms with Crippen LogP contribution in [0.3, 0.4) is 0 Å². The third-order valence-electron chi connectivity index (χ3n) is 4.00. The van der Waals surface area contributed by atoms with E-state index in [-0.39, 0.29) is 23.8 Å². The van der Waals surface area contributed by atoms with Gasteiger partial charge in [0.1, 0.15) is 0 Å². The predicted molar refractivity (Wildman–Crippen MR) is 81.6 cm³/mol. The molecule has 0 fully saturated rings. The van der Waals surface area contributed by atoms with Crippen molar-refractivity contribution < 1.29 is 9.59 Å². The first-order chi connectivity index (χ1) is 10.0. The standard InChI is InChI=1S/C16H23N3O2/c1-11(15(20)17-2)10-19(3)16(21)14-8-12-6-4-5-7-13(12)9-18-14/h4-7,11,14,18H,8-10H2,1-3H3,(H,17,20). The van der Waals surface area contributed by atoms with E-state index in [9.17, 15) is 9.59 Å². The van der Waals surface area contributed by atoms with Crippen molar-refractivity contribution in [3.8, 4) is 0 Å². The lowest BCUT2D eigenvalue weighted by atomic mass is 9.95. The zero-order valence-corrected chi connectivity index (χ0v) is 12.8. The highest BCUT2D eigenvalue weighted by Crippen LogP contribution is 2.17. The Labute approximate surface area is 125 Å². The van der Waals surface area contributed by atoms with Crippen LogP contribution in [0.25, 0.3) is 0 Å². The molecule has 1 aromatic rings. The van der Waals surface area contributed by atoms with Gasteiger partial charge in [0, 0.05) is 27.2 Å². The highest BCUT2D eigenvalue weighted by Gasteiger charge is 2.27. The van der Waals surface area contributed by atoms with E-state index in [0.717, 1.165) is 0 Å². The summed E-state index contributed by atoms with van der Waals surface area (Å²) >= 11 is 0. The monoisotopic (exact) mass is 289 g/mol. The molecule has 0 saturated carbocycles. The average molecular weight is 289 g/mol. The average Bonchev–Trinajstić information content (AvgIpc) is 2.52. The second-order valence-corrected chi connectivity index (χ2v) is 5.64. The number of carbonyl (C=O) groups excluding carboxylic acids is 2. The summed E-state index contributed by atoms with van der Waals surface area (Å²) in [4.78, 5) is 25.7. The first-order valence-corrected chi connectivity index (χ1v) is 7.29. The topological polar surface area (TPSA) is 61.4 Å². The van der Waals surface area contributed by atoms with Crippen LogP contribution in [0, 0.1) is 5.92 Å². The van der Waals surface area contributed by atoms with Crippen LogP contribution in [0.2, 0.25) is 0 Å². The van der Waals surface area contributed by atoms with Crippen LogP contribution in [-0.2, 0) is 22.6 Å². The first kappa shape index (κ1) is 15.5. The van der Waals surface area contributed by atoms with Gasteiger partial charge >= 0.3 is 0 Å². The van der Waals surface area contributed by atoms with Crippen LogP contribution in [-0.4, -0.2) is 43.4 Å². The summed E-state index contributed by atoms with van der Waals surface area (Å²) in [6.07, 6.45) is 0.702. The molecule has 2 atom stereocenters. The Morgan fingerprint density at radius 1 is 1.38 bits per heavy atom. The Morgan fingerprint density at radius 2 is 2.05 bits per heavy atom. The van der Waals surface area contributed by atoms with E-state index in [1.807, 2.05) is 19.1 Å². The predicted octanol–water partition coefficient (Wildman–Crippen LogP) is 0.541. The number of nitrogens with one attached hydrogen (secondary N) is 2. The van der Waals surface area contributed by atoms with E-state index in [1.54, 1.807) is 19.0 Å². The molecule has 0 spiro atoms. The van der Waals surface area contributed by atoms with Gasteiger partial charge in [-0.05, 0) is 17.5 Å². The Bertz CT molecular complexity index is 530. The van der Waals surface area contributed by atoms with Gasteiger partial charge in [-0.3, -0.25) is 9.59 Å². The zero-order valence-electron chi connectivity index (χ0n) is 12.8. The molecular weight excluding hydrogens is 266 g/mol. The molecule has 0 aromatic heterocycles. The number of amides is 2. The molecule has 5 heteroatoms. The van der Waals surface area contributed by atoms with E-state index in [4.69, 9.17) is 0 Å². The highest BCUT2D eigenvalue weighted by molar-refractivity contribution is 5.84. The summed E-state index contributed by atoms with van der Waals surface area (Å²) in [5, 5.41) is 5.89. The van der Waals surface area contributed by atoms with Crippen LogP contribution >= 0.6 is 0 Å². The van der Waals surface area contributed by atoms with Crippen molar-refractivity contribution >= 4 is 11.8 Å². The van der Waals surface area contributed by atoms with Crippen molar-refractivity contribution in [3.05, 3.63) is 35.4 Å². The van der Waals surface area contributed by atoms with Crippen molar-refractivity contribution in [3.63, 3.8) is 0 Å². The van der Waals surface area contributed by atoms with Crippen LogP contribution in [0.5, 0.6) is 0 Å². The number of hydrogen-bond donors (Lipinski definition) is 2. The molecule has 2 amide bonds. The lowest BCUT2D eigenvalue weighted by molar-refractivity contribution is -0.134. The Kier molecular flexibility index (Phi) is 4.96. The first-order valence-electron chi connectivity index (χ1n) is 7.29. The summed E-state index contributed by atoms with van der Waals surface area (Å²) in [5.41, 5.74) is 2.48. The van der Waals surface area contributed by atoms with E-state index < -0.39 is 0 Å². The van der Waals surface area contributed by atoms with Gasteiger partial charge in [-0.15, -0.1) is 0 Å². The number of rotatable bonds is 4. The fourth-order valence-corrected chi connectivity index (χ4v) is 2.73. The molecule has 0 radical (unpaired) electrons. The Morgan fingerprint density at radius 3 is 2.71 bits per heavy atom. The molecule has 21 heavy (non-hydrogen) atoms. The van der Waals surface area contributed by atoms with Crippen molar-refractivity contribution in [2.24, 2.45) is 5.92 Å². The smallest absolute Gasteiger partial charge is 0.239 e. The molecule has 114 valence electrons. The fourth-order valence-electron chi connectivity index (χ4n) is 2.73. The number of nitrogens with zero attached hydrogens (tertiary/aromatic N) is 1. The van der Waals surface area contributed by atoms with E-state index in [1.165, 1.54) is 11.1 Å². The molecule has 2 N–H and O–H groups in total. The van der Waals surface area contributed by atoms with Crippen LogP contribution in [0.1, 0.15) is 18.1 Å². The fraction of sp³-hybridized carbons (Fsp3) is 0.500. The van der Waals surface area contributed by atoms with Gasteiger partial charge < -0.3 is 15.5 Å². The molecule has 0 saturated heterocycles. The quantitative estimate of drug-likeness (QED) is 0.850. The minimum absolute atomic E-state index is 0.0419. The normalized spacial score (nSPS) is 18.5. The second kappa shape index (κ2) is 6.72. The van der Waals surface area contributed by atoms with Gasteiger partial charge in [-0.1, -0.05) is 31.2 Å². The number of benzene rings is 1. The van der Waals surface area contributed by atoms with Crippen molar-refractivity contribution in [2.45, 2.75) is 25.9 Å². The van der Waals surface area contributed by atoms with Gasteiger partial charge in [0.05, 0.1) is 12.0 Å². The van der Waals surface area contributed by atoms with E-state index >= 15 is 0 Å². The molecule has 2 unspecified atom stereocenters. The van der Waals surface area contributed by atoms with Crippen molar-refractivity contribution in [1.29, 1.82) is 0 Å². The molecule has 2 rings (SSSR count). The minimum Gasteiger partial charge on any atom is -0.359 e. The van der Waals surface area contributed by atoms with Crippen molar-refractivity contribution in [2.75, 3.05) is 20.6 Å². The van der Waals surface area contributed by atoms with Crippen LogP contribution in [0.15, 0.2) is 24.3 Å². The summed E-state index contributed by atoms with van der Waals surface area (Å²) in [7, 11) is 3.37. The lowest BCUT2D eigenvalue weighted by Crippen LogP contribution is -2.49. The molecule has 1 aromatic carbocycles. The lowest BCUT2D eigenvalue weighted by Gasteiger charge is -2.30. The third-order valence-corrected chi connectivity index (χ3v) is 4.00. The van der Waals surface area contributed by atoms with Gasteiger partial charge in [-0.25, -0.2) is 0 Å². The number of fused-ring (bicyclic) bond motifs is 1. The largest absolute Gasteiger partial charge is 0.359 e.